The van der Waals surface area contributed by atoms with Crippen molar-refractivity contribution in [3.8, 4) is 11.5 Å². The number of hydrogen-bond donors (Lipinski definition) is 3. The van der Waals surface area contributed by atoms with E-state index in [1.807, 2.05) is 12.1 Å². The zero-order chi connectivity index (χ0) is 15.2. The van der Waals surface area contributed by atoms with Gasteiger partial charge in [0.05, 0.1) is 18.2 Å². The Morgan fingerprint density at radius 1 is 1.19 bits per heavy atom. The summed E-state index contributed by atoms with van der Waals surface area (Å²) >= 11 is 5.84. The molecule has 3 N–H and O–H groups in total. The lowest BCUT2D eigenvalue weighted by Crippen LogP contribution is -2.21. The van der Waals surface area contributed by atoms with Crippen molar-refractivity contribution in [1.29, 1.82) is 0 Å². The first-order valence-electron chi connectivity index (χ1n) is 6.61. The molecule has 0 aromatic heterocycles. The fourth-order valence-electron chi connectivity index (χ4n) is 1.99. The van der Waals surface area contributed by atoms with E-state index in [2.05, 4.69) is 5.32 Å². The maximum atomic E-state index is 10.1. The van der Waals surface area contributed by atoms with E-state index in [0.717, 1.165) is 11.3 Å². The summed E-state index contributed by atoms with van der Waals surface area (Å²) in [6.45, 7) is 0.803. The molecule has 0 fully saturated rings. The number of halogens is 1. The van der Waals surface area contributed by atoms with Gasteiger partial charge in [0, 0.05) is 18.7 Å². The van der Waals surface area contributed by atoms with Crippen LogP contribution in [0.5, 0.6) is 11.5 Å². The van der Waals surface area contributed by atoms with Crippen LogP contribution in [0.15, 0.2) is 42.5 Å². The van der Waals surface area contributed by atoms with E-state index >= 15 is 0 Å². The number of benzene rings is 2. The molecule has 0 aliphatic carbocycles. The number of rotatable bonds is 6. The summed E-state index contributed by atoms with van der Waals surface area (Å²) in [5.74, 6) is 0.827. The van der Waals surface area contributed by atoms with Crippen molar-refractivity contribution in [1.82, 2.24) is 5.32 Å². The molecular weight excluding hydrogens is 290 g/mol. The van der Waals surface area contributed by atoms with Crippen molar-refractivity contribution in [3.05, 3.63) is 58.6 Å². The number of aliphatic hydroxyl groups excluding tert-OH is 1. The molecule has 1 unspecified atom stereocenters. The van der Waals surface area contributed by atoms with Crippen LogP contribution in [0.4, 0.5) is 0 Å². The van der Waals surface area contributed by atoms with Gasteiger partial charge in [0.2, 0.25) is 0 Å². The van der Waals surface area contributed by atoms with Gasteiger partial charge in [0.15, 0.2) is 0 Å². The van der Waals surface area contributed by atoms with Crippen LogP contribution in [-0.4, -0.2) is 23.9 Å². The molecule has 4 nitrogen and oxygen atoms in total. The summed E-state index contributed by atoms with van der Waals surface area (Å²) < 4.78 is 5.07. The third-order valence-electron chi connectivity index (χ3n) is 3.22. The minimum Gasteiger partial charge on any atom is -0.506 e. The Morgan fingerprint density at radius 2 is 1.90 bits per heavy atom. The fraction of sp³-hybridized carbons (Fsp3) is 0.250. The van der Waals surface area contributed by atoms with Crippen LogP contribution < -0.4 is 10.1 Å². The summed E-state index contributed by atoms with van der Waals surface area (Å²) in [7, 11) is 1.60. The quantitative estimate of drug-likeness (QED) is 0.768. The zero-order valence-electron chi connectivity index (χ0n) is 11.7. The lowest BCUT2D eigenvalue weighted by molar-refractivity contribution is 0.174. The van der Waals surface area contributed by atoms with Crippen molar-refractivity contribution in [2.45, 2.75) is 12.6 Å². The van der Waals surface area contributed by atoms with Gasteiger partial charge in [-0.3, -0.25) is 0 Å². The van der Waals surface area contributed by atoms with Crippen LogP contribution >= 0.6 is 11.6 Å². The first-order valence-corrected chi connectivity index (χ1v) is 6.98. The van der Waals surface area contributed by atoms with Crippen LogP contribution in [0.3, 0.4) is 0 Å². The highest BCUT2D eigenvalue weighted by atomic mass is 35.5. The lowest BCUT2D eigenvalue weighted by atomic mass is 10.1. The minimum atomic E-state index is -0.628. The largest absolute Gasteiger partial charge is 0.506 e. The number of methoxy groups -OCH3 is 1. The second-order valence-electron chi connectivity index (χ2n) is 4.67. The maximum Gasteiger partial charge on any atom is 0.138 e. The summed E-state index contributed by atoms with van der Waals surface area (Å²) in [4.78, 5) is 0. The Kier molecular flexibility index (Phi) is 5.44. The lowest BCUT2D eigenvalue weighted by Gasteiger charge is -2.13. The molecule has 21 heavy (non-hydrogen) atoms. The Labute approximate surface area is 129 Å². The van der Waals surface area contributed by atoms with Crippen LogP contribution in [0.1, 0.15) is 17.2 Å². The van der Waals surface area contributed by atoms with Crippen molar-refractivity contribution in [2.24, 2.45) is 0 Å². The highest BCUT2D eigenvalue weighted by molar-refractivity contribution is 6.32. The van der Waals surface area contributed by atoms with E-state index < -0.39 is 6.10 Å². The molecule has 2 aromatic rings. The predicted molar refractivity (Wildman–Crippen MR) is 82.8 cm³/mol. The first kappa shape index (κ1) is 15.6. The number of phenols is 1. The Morgan fingerprint density at radius 3 is 2.57 bits per heavy atom. The van der Waals surface area contributed by atoms with E-state index in [9.17, 15) is 10.2 Å². The summed E-state index contributed by atoms with van der Waals surface area (Å²) in [6, 6.07) is 12.5. The Balaban J connectivity index is 1.88. The van der Waals surface area contributed by atoms with E-state index in [1.54, 1.807) is 37.4 Å². The van der Waals surface area contributed by atoms with Gasteiger partial charge >= 0.3 is 0 Å². The third kappa shape index (κ3) is 4.11. The summed E-state index contributed by atoms with van der Waals surface area (Å²) in [5, 5.41) is 23.3. The molecule has 2 aromatic carbocycles. The van der Waals surface area contributed by atoms with E-state index in [1.165, 1.54) is 0 Å². The van der Waals surface area contributed by atoms with Crippen molar-refractivity contribution in [3.63, 3.8) is 0 Å². The molecule has 0 bridgehead atoms. The molecular formula is C16H18ClNO3. The maximum absolute atomic E-state index is 10.1. The molecule has 5 heteroatoms. The Hall–Kier alpha value is -1.75. The molecule has 0 saturated heterocycles. The van der Waals surface area contributed by atoms with Crippen LogP contribution in [0.2, 0.25) is 5.02 Å². The van der Waals surface area contributed by atoms with Crippen LogP contribution in [-0.2, 0) is 6.54 Å². The smallest absolute Gasteiger partial charge is 0.138 e. The molecule has 0 heterocycles. The topological polar surface area (TPSA) is 61.7 Å². The first-order chi connectivity index (χ1) is 10.1. The van der Waals surface area contributed by atoms with E-state index in [0.29, 0.717) is 23.7 Å². The molecule has 112 valence electrons. The van der Waals surface area contributed by atoms with Gasteiger partial charge < -0.3 is 20.3 Å². The van der Waals surface area contributed by atoms with E-state index in [4.69, 9.17) is 16.3 Å². The Bertz CT molecular complexity index is 587. The molecule has 0 amide bonds. The standard InChI is InChI=1S/C16H18ClNO3/c1-21-13-7-5-11(6-8-13)15(19)10-18-9-12-3-2-4-14(17)16(12)20/h2-8,15,18-20H,9-10H2,1H3. The number of ether oxygens (including phenoxy) is 1. The third-order valence-corrected chi connectivity index (χ3v) is 3.53. The van der Waals surface area contributed by atoms with Crippen molar-refractivity contribution in [2.75, 3.05) is 13.7 Å². The van der Waals surface area contributed by atoms with Gasteiger partial charge in [-0.1, -0.05) is 35.9 Å². The molecule has 0 saturated carbocycles. The number of phenolic OH excluding ortho intramolecular Hbond substituents is 1. The highest BCUT2D eigenvalue weighted by Gasteiger charge is 2.09. The van der Waals surface area contributed by atoms with Gasteiger partial charge in [-0.2, -0.15) is 0 Å². The number of hydrogen-bond acceptors (Lipinski definition) is 4. The van der Waals surface area contributed by atoms with Gasteiger partial charge in [0.1, 0.15) is 11.5 Å². The molecule has 2 rings (SSSR count). The van der Waals surface area contributed by atoms with Crippen molar-refractivity contribution >= 4 is 11.6 Å². The van der Waals surface area contributed by atoms with E-state index in [-0.39, 0.29) is 5.75 Å². The normalized spacial score (nSPS) is 12.1. The van der Waals surface area contributed by atoms with Gasteiger partial charge in [-0.25, -0.2) is 0 Å². The summed E-state index contributed by atoms with van der Waals surface area (Å²) in [5.41, 5.74) is 1.50. The van der Waals surface area contributed by atoms with Gasteiger partial charge in [-0.05, 0) is 23.8 Å². The van der Waals surface area contributed by atoms with Gasteiger partial charge in [-0.15, -0.1) is 0 Å². The second kappa shape index (κ2) is 7.31. The molecule has 0 aliphatic heterocycles. The molecule has 0 aliphatic rings. The second-order valence-corrected chi connectivity index (χ2v) is 5.07. The van der Waals surface area contributed by atoms with Crippen LogP contribution in [0, 0.1) is 0 Å². The number of para-hydroxylation sites is 1. The minimum absolute atomic E-state index is 0.0746. The average molecular weight is 308 g/mol. The molecule has 1 atom stereocenters. The number of nitrogens with one attached hydrogen (secondary N) is 1. The SMILES string of the molecule is COc1ccc(C(O)CNCc2cccc(Cl)c2O)cc1. The predicted octanol–water partition coefficient (Wildman–Crippen LogP) is 2.88. The summed E-state index contributed by atoms with van der Waals surface area (Å²) in [6.07, 6.45) is -0.628. The van der Waals surface area contributed by atoms with Crippen LogP contribution in [0.25, 0.3) is 0 Å². The zero-order valence-corrected chi connectivity index (χ0v) is 12.5. The number of aromatic hydroxyl groups is 1. The molecule has 0 spiro atoms. The monoisotopic (exact) mass is 307 g/mol. The fourth-order valence-corrected chi connectivity index (χ4v) is 2.18. The molecule has 0 radical (unpaired) electrons. The van der Waals surface area contributed by atoms with Gasteiger partial charge in [0.25, 0.3) is 0 Å². The average Bonchev–Trinajstić information content (AvgIpc) is 2.51. The highest BCUT2D eigenvalue weighted by Crippen LogP contribution is 2.26. The number of aliphatic hydroxyl groups is 1. The van der Waals surface area contributed by atoms with Crippen molar-refractivity contribution < 1.29 is 14.9 Å².